The van der Waals surface area contributed by atoms with Crippen LogP contribution < -0.4 is 5.32 Å². The van der Waals surface area contributed by atoms with Crippen molar-refractivity contribution in [2.24, 2.45) is 0 Å². The zero-order valence-corrected chi connectivity index (χ0v) is 13.7. The maximum atomic E-state index is 11.1. The molecule has 0 aromatic carbocycles. The number of nitrogens with zero attached hydrogens (tertiary/aromatic N) is 1. The number of carbonyl (C=O) groups excluding carboxylic acids is 2. The van der Waals surface area contributed by atoms with Gasteiger partial charge in [-0.05, 0) is 18.9 Å². The highest BCUT2D eigenvalue weighted by Crippen LogP contribution is 2.57. The predicted octanol–water partition coefficient (Wildman–Crippen LogP) is 0.771. The highest BCUT2D eigenvalue weighted by molar-refractivity contribution is 7.63. The summed E-state index contributed by atoms with van der Waals surface area (Å²) >= 11 is 0. The molecule has 2 atom stereocenters. The Labute approximate surface area is 130 Å². The first-order chi connectivity index (χ1) is 10.4. The van der Waals surface area contributed by atoms with E-state index in [4.69, 9.17) is 13.8 Å². The first-order valence-corrected chi connectivity index (χ1v) is 8.31. The molecule has 8 nitrogen and oxygen atoms in total. The van der Waals surface area contributed by atoms with Crippen molar-refractivity contribution >= 4 is 20.3 Å². The molecule has 2 amide bonds. The van der Waals surface area contributed by atoms with E-state index >= 15 is 0 Å². The van der Waals surface area contributed by atoms with Gasteiger partial charge in [-0.2, -0.15) is 13.9 Å². The molecule has 0 spiro atoms. The van der Waals surface area contributed by atoms with Crippen LogP contribution >= 0.6 is 7.94 Å². The van der Waals surface area contributed by atoms with Crippen LogP contribution in [-0.2, 0) is 23.4 Å². The largest absolute Gasteiger partial charge is 0.437 e. The Morgan fingerprint density at radius 3 is 2.68 bits per heavy atom. The summed E-state index contributed by atoms with van der Waals surface area (Å²) in [7, 11) is 1.59. The van der Waals surface area contributed by atoms with Crippen molar-refractivity contribution in [1.29, 1.82) is 0 Å². The molecule has 1 heterocycles. The molecule has 1 fully saturated rings. The molecule has 0 aliphatic carbocycles. The summed E-state index contributed by atoms with van der Waals surface area (Å²) in [5, 5.41) is 2.01. The Balaban J connectivity index is 2.50. The molecule has 0 radical (unpaired) electrons. The Bertz CT molecular complexity index is 438. The van der Waals surface area contributed by atoms with Gasteiger partial charge in [0.05, 0.1) is 20.3 Å². The third kappa shape index (κ3) is 5.82. The van der Waals surface area contributed by atoms with E-state index in [-0.39, 0.29) is 12.3 Å². The fourth-order valence-electron chi connectivity index (χ4n) is 1.87. The van der Waals surface area contributed by atoms with Crippen molar-refractivity contribution in [1.82, 2.24) is 10.2 Å². The van der Waals surface area contributed by atoms with E-state index in [1.54, 1.807) is 24.2 Å². The number of hydrogen-bond acceptors (Lipinski definition) is 7. The lowest BCUT2D eigenvalue weighted by molar-refractivity contribution is -0.121. The molecule has 0 aromatic rings. The second-order valence-electron chi connectivity index (χ2n) is 4.58. The van der Waals surface area contributed by atoms with Crippen molar-refractivity contribution in [3.8, 4) is 0 Å². The van der Waals surface area contributed by atoms with Crippen LogP contribution in [0.5, 0.6) is 0 Å². The van der Waals surface area contributed by atoms with E-state index < -0.39 is 13.9 Å². The zero-order chi connectivity index (χ0) is 16.6. The number of hydrogen-bond donors (Lipinski definition) is 2. The van der Waals surface area contributed by atoms with Gasteiger partial charge in [0.1, 0.15) is 12.0 Å². The predicted molar refractivity (Wildman–Crippen MR) is 81.3 cm³/mol. The second kappa shape index (κ2) is 8.97. The molecule has 124 valence electrons. The summed E-state index contributed by atoms with van der Waals surface area (Å²) in [5.41, 5.74) is 0. The third-order valence-corrected chi connectivity index (χ3v) is 4.75. The minimum Gasteiger partial charge on any atom is -0.355 e. The SMILES string of the molecule is CO[P+](O)(/C=C/C1CCC(N(C)/C=C\C(=O)NC=O)O1)OC. The van der Waals surface area contributed by atoms with Crippen LogP contribution in [0.3, 0.4) is 0 Å². The molecule has 1 rings (SSSR count). The van der Waals surface area contributed by atoms with Crippen LogP contribution in [0.15, 0.2) is 24.2 Å². The van der Waals surface area contributed by atoms with Crippen molar-refractivity contribution in [2.45, 2.75) is 25.2 Å². The highest BCUT2D eigenvalue weighted by atomic mass is 31.2. The lowest BCUT2D eigenvalue weighted by Crippen LogP contribution is -2.28. The second-order valence-corrected chi connectivity index (χ2v) is 6.74. The minimum absolute atomic E-state index is 0.165. The van der Waals surface area contributed by atoms with E-state index in [0.29, 0.717) is 6.41 Å². The van der Waals surface area contributed by atoms with Gasteiger partial charge in [0.2, 0.25) is 6.41 Å². The number of amides is 2. The summed E-state index contributed by atoms with van der Waals surface area (Å²) in [6.45, 7) is 0. The molecule has 2 unspecified atom stereocenters. The van der Waals surface area contributed by atoms with E-state index in [1.165, 1.54) is 26.1 Å². The minimum atomic E-state index is -2.93. The first-order valence-electron chi connectivity index (χ1n) is 6.66. The van der Waals surface area contributed by atoms with Crippen molar-refractivity contribution < 1.29 is 28.3 Å². The zero-order valence-electron chi connectivity index (χ0n) is 12.8. The molecule has 0 saturated carbocycles. The van der Waals surface area contributed by atoms with Crippen LogP contribution in [0.25, 0.3) is 0 Å². The topological polar surface area (TPSA) is 97.3 Å². The first kappa shape index (κ1) is 18.7. The molecule has 0 aromatic heterocycles. The maximum Gasteiger partial charge on any atom is 0.437 e. The van der Waals surface area contributed by atoms with E-state index in [2.05, 4.69) is 0 Å². The molecular weight excluding hydrogens is 311 g/mol. The molecular formula is C13H22N2O6P+. The summed E-state index contributed by atoms with van der Waals surface area (Å²) in [5.74, 6) is 0.999. The van der Waals surface area contributed by atoms with E-state index in [0.717, 1.165) is 12.8 Å². The van der Waals surface area contributed by atoms with Crippen molar-refractivity contribution in [2.75, 3.05) is 21.3 Å². The number of nitrogens with one attached hydrogen (secondary N) is 1. The molecule has 2 N–H and O–H groups in total. The quantitative estimate of drug-likeness (QED) is 0.385. The van der Waals surface area contributed by atoms with Gasteiger partial charge < -0.3 is 9.64 Å². The number of carbonyl (C=O) groups is 2. The molecule has 22 heavy (non-hydrogen) atoms. The summed E-state index contributed by atoms with van der Waals surface area (Å²) in [4.78, 5) is 32.9. The Kier molecular flexibility index (Phi) is 7.64. The average Bonchev–Trinajstić information content (AvgIpc) is 2.99. The smallest absolute Gasteiger partial charge is 0.355 e. The lowest BCUT2D eigenvalue weighted by Gasteiger charge is -2.22. The highest BCUT2D eigenvalue weighted by Gasteiger charge is 2.35. The van der Waals surface area contributed by atoms with Crippen LogP contribution in [-0.4, -0.2) is 55.7 Å². The Morgan fingerprint density at radius 1 is 1.41 bits per heavy atom. The molecule has 1 saturated heterocycles. The summed E-state index contributed by atoms with van der Waals surface area (Å²) in [6.07, 6.45) is 6.03. The number of ether oxygens (including phenoxy) is 1. The van der Waals surface area contributed by atoms with Gasteiger partial charge >= 0.3 is 7.94 Å². The molecule has 9 heteroatoms. The third-order valence-electron chi connectivity index (χ3n) is 3.16. The summed E-state index contributed by atoms with van der Waals surface area (Å²) in [6, 6.07) is 0. The van der Waals surface area contributed by atoms with Crippen LogP contribution in [0.2, 0.25) is 0 Å². The Hall–Kier alpha value is -1.31. The fraction of sp³-hybridized carbons (Fsp3) is 0.538. The molecule has 1 aliphatic rings. The Morgan fingerprint density at radius 2 is 2.09 bits per heavy atom. The monoisotopic (exact) mass is 333 g/mol. The standard InChI is InChI=1S/C13H21N2O6P/c1-15(8-6-12(17)14-10-16)13-5-4-11(21-13)7-9-22(18,19-2)20-3/h6-11,13,18H,4-5H2,1-3H3/p+1/b8-6-,9-7+. The number of rotatable bonds is 8. The van der Waals surface area contributed by atoms with E-state index in [1.807, 2.05) is 5.32 Å². The lowest BCUT2D eigenvalue weighted by atomic mass is 10.2. The van der Waals surface area contributed by atoms with Crippen molar-refractivity contribution in [3.63, 3.8) is 0 Å². The molecule has 1 aliphatic heterocycles. The summed E-state index contributed by atoms with van der Waals surface area (Å²) < 4.78 is 15.6. The van der Waals surface area contributed by atoms with E-state index in [9.17, 15) is 14.5 Å². The number of imide groups is 1. The van der Waals surface area contributed by atoms with Gasteiger partial charge in [0, 0.05) is 19.3 Å². The van der Waals surface area contributed by atoms with Crippen molar-refractivity contribution in [3.05, 3.63) is 24.2 Å². The van der Waals surface area contributed by atoms with Gasteiger partial charge in [0.25, 0.3) is 5.91 Å². The maximum absolute atomic E-state index is 11.1. The van der Waals surface area contributed by atoms with Crippen LogP contribution in [0, 0.1) is 0 Å². The van der Waals surface area contributed by atoms with Crippen LogP contribution in [0.4, 0.5) is 0 Å². The van der Waals surface area contributed by atoms with Gasteiger partial charge in [-0.1, -0.05) is 0 Å². The molecule has 0 bridgehead atoms. The van der Waals surface area contributed by atoms with Gasteiger partial charge in [0.15, 0.2) is 0 Å². The van der Waals surface area contributed by atoms with Gasteiger partial charge in [-0.15, -0.1) is 0 Å². The van der Waals surface area contributed by atoms with Gasteiger partial charge in [-0.3, -0.25) is 14.9 Å². The van der Waals surface area contributed by atoms with Gasteiger partial charge in [-0.25, -0.2) is 0 Å². The normalized spacial score (nSPS) is 22.4. The average molecular weight is 333 g/mol. The van der Waals surface area contributed by atoms with Crippen LogP contribution in [0.1, 0.15) is 12.8 Å². The fourth-order valence-corrected chi connectivity index (χ4v) is 2.68.